The van der Waals surface area contributed by atoms with E-state index in [0.717, 1.165) is 6.07 Å². The molecule has 0 unspecified atom stereocenters. The zero-order valence-corrected chi connectivity index (χ0v) is 23.0. The van der Waals surface area contributed by atoms with Gasteiger partial charge < -0.3 is 20.5 Å². The van der Waals surface area contributed by atoms with Crippen LogP contribution in [0.1, 0.15) is 58.3 Å². The van der Waals surface area contributed by atoms with Crippen LogP contribution in [0.3, 0.4) is 0 Å². The topological polar surface area (TPSA) is 109 Å². The lowest BCUT2D eigenvalue weighted by atomic mass is 9.72. The van der Waals surface area contributed by atoms with Crippen LogP contribution in [0.25, 0.3) is 0 Å². The van der Waals surface area contributed by atoms with Gasteiger partial charge in [0.05, 0.1) is 16.1 Å². The van der Waals surface area contributed by atoms with Gasteiger partial charge in [-0.1, -0.05) is 11.6 Å². The first-order chi connectivity index (χ1) is 18.2. The second-order valence-corrected chi connectivity index (χ2v) is 12.9. The summed E-state index contributed by atoms with van der Waals surface area (Å²) in [7, 11) is -0.962. The Hall–Kier alpha value is -2.70. The number of ketones is 1. The van der Waals surface area contributed by atoms with Gasteiger partial charge in [0.2, 0.25) is 0 Å². The maximum Gasteiger partial charge on any atom is 0.292 e. The molecule has 3 N–H and O–H groups in total. The molecule has 1 aromatic carbocycles. The van der Waals surface area contributed by atoms with Gasteiger partial charge in [-0.05, 0) is 50.5 Å². The minimum Gasteiger partial charge on any atom is -0.342 e. The van der Waals surface area contributed by atoms with Crippen LogP contribution >= 0.6 is 11.6 Å². The predicted octanol–water partition coefficient (Wildman–Crippen LogP) is 3.36. The molecule has 8 nitrogen and oxygen atoms in total. The van der Waals surface area contributed by atoms with Crippen molar-refractivity contribution in [2.45, 2.75) is 63.1 Å². The van der Waals surface area contributed by atoms with E-state index < -0.39 is 64.1 Å². The number of carbonyl (C=O) groups excluding carboxylic acids is 3. The Labute approximate surface area is 230 Å². The number of carbonyl (C=O) groups is 3. The number of rotatable bonds is 8. The maximum atomic E-state index is 14.0. The number of nitrogens with zero attached hydrogens (tertiary/aromatic N) is 1. The van der Waals surface area contributed by atoms with Crippen molar-refractivity contribution in [1.29, 1.82) is 0 Å². The number of Topliss-reactive ketones (excluding diaryl/α,β-unsaturated/α-hetero) is 1. The lowest BCUT2D eigenvalue weighted by Gasteiger charge is -2.50. The normalized spacial score (nSPS) is 24.3. The van der Waals surface area contributed by atoms with Crippen LogP contribution in [0.15, 0.2) is 18.2 Å². The highest BCUT2D eigenvalue weighted by atomic mass is 35.5. The van der Waals surface area contributed by atoms with Crippen LogP contribution in [0, 0.1) is 12.7 Å². The van der Waals surface area contributed by atoms with Gasteiger partial charge in [-0.3, -0.25) is 18.6 Å². The molecule has 2 amide bonds. The molecule has 210 valence electrons. The van der Waals surface area contributed by atoms with E-state index in [1.54, 1.807) is 11.5 Å². The molecule has 0 radical (unpaired) electrons. The van der Waals surface area contributed by atoms with Gasteiger partial charge in [0.1, 0.15) is 11.5 Å². The third-order valence-corrected chi connectivity index (χ3v) is 9.83. The Morgan fingerprint density at radius 2 is 1.87 bits per heavy atom. The molecule has 1 saturated heterocycles. The molecule has 0 spiro atoms. The van der Waals surface area contributed by atoms with Gasteiger partial charge in [-0.2, -0.15) is 0 Å². The average molecular weight is 585 g/mol. The van der Waals surface area contributed by atoms with Crippen molar-refractivity contribution in [1.82, 2.24) is 15.2 Å². The number of amides is 2. The number of benzene rings is 1. The molecule has 39 heavy (non-hydrogen) atoms. The van der Waals surface area contributed by atoms with Gasteiger partial charge in [0, 0.05) is 65.2 Å². The molecule has 5 rings (SSSR count). The van der Waals surface area contributed by atoms with Crippen molar-refractivity contribution in [3.63, 3.8) is 0 Å². The number of fused-ring (bicyclic) bond motifs is 1. The molecule has 0 bridgehead atoms. The second-order valence-electron chi connectivity index (χ2n) is 11.0. The Morgan fingerprint density at radius 1 is 1.18 bits per heavy atom. The number of hydrogen-bond donors (Lipinski definition) is 3. The number of hydrogen-bond acceptors (Lipinski definition) is 5. The molecule has 0 atom stereocenters. The molecule has 3 aliphatic rings. The Bertz CT molecular complexity index is 1410. The molecule has 1 saturated carbocycles. The summed E-state index contributed by atoms with van der Waals surface area (Å²) in [4.78, 5) is 39.8. The maximum absolute atomic E-state index is 14.0. The Morgan fingerprint density at radius 3 is 2.49 bits per heavy atom. The van der Waals surface area contributed by atoms with Gasteiger partial charge in [-0.25, -0.2) is 13.2 Å². The standard InChI is InChI=1S/C26H28ClF3N4O4S/c1-14-19(18-4-3-7-34(18)20(14)22(36)32-15-5-6-17(28)16(27)8-15)21(35)23(37)33-25(9-26(29,30)10-25)11-31-24(2)12-39(38)13-24/h5-6,8,31H,3-4,7,9-13H2,1-2H3,(H,32,36)(H,33,37). The molecule has 13 heteroatoms. The summed E-state index contributed by atoms with van der Waals surface area (Å²) in [5.74, 6) is -5.30. The number of alkyl halides is 2. The highest BCUT2D eigenvalue weighted by Crippen LogP contribution is 2.46. The Kier molecular flexibility index (Phi) is 6.96. The van der Waals surface area contributed by atoms with Crippen molar-refractivity contribution >= 4 is 45.7 Å². The summed E-state index contributed by atoms with van der Waals surface area (Å²) < 4.78 is 54.7. The van der Waals surface area contributed by atoms with Gasteiger partial charge >= 0.3 is 0 Å². The lowest BCUT2D eigenvalue weighted by Crippen LogP contribution is -2.71. The molecular weight excluding hydrogens is 557 g/mol. The molecular formula is C26H28ClF3N4O4S. The van der Waals surface area contributed by atoms with Crippen molar-refractivity contribution < 1.29 is 31.8 Å². The Balaban J connectivity index is 1.36. The first-order valence-electron chi connectivity index (χ1n) is 12.5. The minimum absolute atomic E-state index is 0.00997. The van der Waals surface area contributed by atoms with E-state index in [1.165, 1.54) is 12.1 Å². The summed E-state index contributed by atoms with van der Waals surface area (Å²) in [5.41, 5.74) is -0.436. The predicted molar refractivity (Wildman–Crippen MR) is 141 cm³/mol. The van der Waals surface area contributed by atoms with Crippen LogP contribution in [0.4, 0.5) is 18.9 Å². The number of halogens is 4. The van der Waals surface area contributed by atoms with E-state index in [9.17, 15) is 31.8 Å². The number of anilines is 1. The zero-order valence-electron chi connectivity index (χ0n) is 21.4. The first-order valence-corrected chi connectivity index (χ1v) is 14.4. The van der Waals surface area contributed by atoms with Crippen molar-refractivity contribution in [3.05, 3.63) is 51.6 Å². The SMILES string of the molecule is Cc1c(C(=O)C(=O)NC2(CNC3(C)CS(=O)C3)CC(F)(F)C2)c2n(c1C(=O)Nc1ccc(F)c(Cl)c1)CCC2. The average Bonchev–Trinajstić information content (AvgIpc) is 3.37. The summed E-state index contributed by atoms with van der Waals surface area (Å²) >= 11 is 5.82. The fourth-order valence-electron chi connectivity index (χ4n) is 5.84. The molecule has 2 aliphatic heterocycles. The fraction of sp³-hybridized carbons (Fsp3) is 0.500. The van der Waals surface area contributed by atoms with E-state index in [0.29, 0.717) is 42.1 Å². The van der Waals surface area contributed by atoms with Crippen LogP contribution in [-0.4, -0.2) is 61.4 Å². The summed E-state index contributed by atoms with van der Waals surface area (Å²) in [6, 6.07) is 3.73. The van der Waals surface area contributed by atoms with Gasteiger partial charge in [0.15, 0.2) is 0 Å². The molecule has 2 fully saturated rings. The first kappa shape index (κ1) is 27.9. The van der Waals surface area contributed by atoms with E-state index in [1.807, 2.05) is 6.92 Å². The zero-order chi connectivity index (χ0) is 28.3. The summed E-state index contributed by atoms with van der Waals surface area (Å²) in [5, 5.41) is 8.20. The fourth-order valence-corrected chi connectivity index (χ4v) is 7.56. The quantitative estimate of drug-likeness (QED) is 0.326. The molecule has 2 aromatic rings. The second kappa shape index (κ2) is 9.74. The largest absolute Gasteiger partial charge is 0.342 e. The molecule has 1 aliphatic carbocycles. The number of aromatic nitrogens is 1. The van der Waals surface area contributed by atoms with Crippen molar-refractivity contribution in [2.24, 2.45) is 0 Å². The van der Waals surface area contributed by atoms with E-state index in [2.05, 4.69) is 16.0 Å². The smallest absolute Gasteiger partial charge is 0.292 e. The van der Waals surface area contributed by atoms with Crippen LogP contribution in [0.5, 0.6) is 0 Å². The third-order valence-electron chi connectivity index (χ3n) is 7.62. The van der Waals surface area contributed by atoms with E-state index in [4.69, 9.17) is 11.6 Å². The number of nitrogens with one attached hydrogen (secondary N) is 3. The van der Waals surface area contributed by atoms with E-state index in [-0.39, 0.29) is 28.5 Å². The molecule has 1 aromatic heterocycles. The van der Waals surface area contributed by atoms with Crippen LogP contribution < -0.4 is 16.0 Å². The van der Waals surface area contributed by atoms with Crippen molar-refractivity contribution in [3.8, 4) is 0 Å². The van der Waals surface area contributed by atoms with Gasteiger partial charge in [0.25, 0.3) is 23.5 Å². The summed E-state index contributed by atoms with van der Waals surface area (Å²) in [6.07, 6.45) is -0.122. The summed E-state index contributed by atoms with van der Waals surface area (Å²) in [6.45, 7) is 3.87. The lowest BCUT2D eigenvalue weighted by molar-refractivity contribution is -0.145. The monoisotopic (exact) mass is 584 g/mol. The van der Waals surface area contributed by atoms with Crippen LogP contribution in [-0.2, 0) is 28.6 Å². The van der Waals surface area contributed by atoms with E-state index >= 15 is 0 Å². The van der Waals surface area contributed by atoms with Gasteiger partial charge in [-0.15, -0.1) is 0 Å². The molecule has 3 heterocycles. The third kappa shape index (κ3) is 5.26. The van der Waals surface area contributed by atoms with Crippen molar-refractivity contribution in [2.75, 3.05) is 23.4 Å². The minimum atomic E-state index is -2.97. The highest BCUT2D eigenvalue weighted by Gasteiger charge is 2.58. The van der Waals surface area contributed by atoms with Crippen LogP contribution in [0.2, 0.25) is 5.02 Å². The highest BCUT2D eigenvalue weighted by molar-refractivity contribution is 7.86.